The summed E-state index contributed by atoms with van der Waals surface area (Å²) < 4.78 is 0. The molecule has 0 radical (unpaired) electrons. The molecule has 0 spiro atoms. The van der Waals surface area contributed by atoms with Crippen molar-refractivity contribution in [1.82, 2.24) is 15.1 Å². The Morgan fingerprint density at radius 3 is 2.41 bits per heavy atom. The van der Waals surface area contributed by atoms with Crippen LogP contribution in [0.1, 0.15) is 69.8 Å². The zero-order valence-corrected chi connectivity index (χ0v) is 19.1. The van der Waals surface area contributed by atoms with Gasteiger partial charge in [0.05, 0.1) is 5.92 Å². The molecule has 1 aromatic carbocycles. The van der Waals surface area contributed by atoms with E-state index in [1.165, 1.54) is 32.1 Å². The van der Waals surface area contributed by atoms with Crippen molar-refractivity contribution in [3.05, 3.63) is 35.9 Å². The van der Waals surface area contributed by atoms with Crippen LogP contribution in [0.3, 0.4) is 0 Å². The predicted octanol–water partition coefficient (Wildman–Crippen LogP) is 3.50. The number of nitrogens with one attached hydrogen (secondary N) is 1. The molecular weight excluding hydrogens is 402 g/mol. The summed E-state index contributed by atoms with van der Waals surface area (Å²) >= 11 is 0. The highest BCUT2D eigenvalue weighted by atomic mass is 16.2. The van der Waals surface area contributed by atoms with Crippen LogP contribution in [0.4, 0.5) is 0 Å². The topological polar surface area (TPSA) is 69.7 Å². The molecule has 2 heterocycles. The van der Waals surface area contributed by atoms with E-state index in [9.17, 15) is 14.4 Å². The maximum Gasteiger partial charge on any atom is 0.227 e. The molecule has 2 aliphatic heterocycles. The Hall–Kier alpha value is -2.37. The van der Waals surface area contributed by atoms with Crippen LogP contribution in [0.15, 0.2) is 30.3 Å². The van der Waals surface area contributed by atoms with Gasteiger partial charge in [-0.2, -0.15) is 0 Å². The first kappa shape index (κ1) is 22.8. The van der Waals surface area contributed by atoms with Crippen molar-refractivity contribution in [2.45, 2.75) is 76.8 Å². The lowest BCUT2D eigenvalue weighted by Crippen LogP contribution is -2.48. The summed E-state index contributed by atoms with van der Waals surface area (Å²) in [6.07, 6.45) is 10.1. The SMILES string of the molecule is O=C(CCC1CCCCC1)NC1CCN(C(=O)C2CC(=O)N(Cc3ccccc3)C2)CC1. The number of nitrogens with zero attached hydrogens (tertiary/aromatic N) is 2. The van der Waals surface area contributed by atoms with Crippen LogP contribution < -0.4 is 5.32 Å². The number of carbonyl (C=O) groups is 3. The summed E-state index contributed by atoms with van der Waals surface area (Å²) in [6, 6.07) is 10.1. The molecule has 6 heteroatoms. The Morgan fingerprint density at radius 2 is 1.69 bits per heavy atom. The van der Waals surface area contributed by atoms with Crippen molar-refractivity contribution in [3.63, 3.8) is 0 Å². The van der Waals surface area contributed by atoms with Crippen molar-refractivity contribution in [2.24, 2.45) is 11.8 Å². The Balaban J connectivity index is 1.17. The lowest BCUT2D eigenvalue weighted by molar-refractivity contribution is -0.137. The fraction of sp³-hybridized carbons (Fsp3) is 0.654. The van der Waals surface area contributed by atoms with Crippen LogP contribution in [-0.2, 0) is 20.9 Å². The van der Waals surface area contributed by atoms with E-state index >= 15 is 0 Å². The van der Waals surface area contributed by atoms with Crippen molar-refractivity contribution in [3.8, 4) is 0 Å². The zero-order chi connectivity index (χ0) is 22.3. The molecular formula is C26H37N3O3. The van der Waals surface area contributed by atoms with E-state index in [2.05, 4.69) is 5.32 Å². The van der Waals surface area contributed by atoms with Crippen molar-refractivity contribution >= 4 is 17.7 Å². The van der Waals surface area contributed by atoms with Gasteiger partial charge in [-0.3, -0.25) is 14.4 Å². The summed E-state index contributed by atoms with van der Waals surface area (Å²) in [5, 5.41) is 3.19. The van der Waals surface area contributed by atoms with E-state index in [1.807, 2.05) is 35.2 Å². The quantitative estimate of drug-likeness (QED) is 0.707. The molecule has 1 atom stereocenters. The molecule has 3 aliphatic rings. The van der Waals surface area contributed by atoms with Crippen LogP contribution in [0.2, 0.25) is 0 Å². The standard InChI is InChI=1S/C26H37N3O3/c30-24(12-11-20-7-3-1-4-8-20)27-23-13-15-28(16-14-23)26(32)22-17-25(31)29(19-22)18-21-9-5-2-6-10-21/h2,5-6,9-10,20,22-23H,1,3-4,7-8,11-19H2,(H,27,30). The molecule has 4 rings (SSSR count). The van der Waals surface area contributed by atoms with E-state index < -0.39 is 0 Å². The van der Waals surface area contributed by atoms with Crippen LogP contribution in [-0.4, -0.2) is 53.2 Å². The molecule has 1 unspecified atom stereocenters. The third-order valence-electron chi connectivity index (χ3n) is 7.46. The third kappa shape index (κ3) is 6.11. The fourth-order valence-electron chi connectivity index (χ4n) is 5.51. The largest absolute Gasteiger partial charge is 0.353 e. The lowest BCUT2D eigenvalue weighted by atomic mass is 9.86. The number of benzene rings is 1. The normalized spacial score (nSPS) is 22.9. The Morgan fingerprint density at radius 1 is 0.969 bits per heavy atom. The number of carbonyl (C=O) groups excluding carboxylic acids is 3. The summed E-state index contributed by atoms with van der Waals surface area (Å²) in [5.74, 6) is 0.805. The minimum Gasteiger partial charge on any atom is -0.353 e. The van der Waals surface area contributed by atoms with Crippen molar-refractivity contribution < 1.29 is 14.4 Å². The fourth-order valence-corrected chi connectivity index (χ4v) is 5.51. The summed E-state index contributed by atoms with van der Waals surface area (Å²) in [7, 11) is 0. The second-order valence-corrected chi connectivity index (χ2v) is 9.87. The third-order valence-corrected chi connectivity index (χ3v) is 7.46. The Labute approximate surface area is 191 Å². The molecule has 1 saturated carbocycles. The van der Waals surface area contributed by atoms with Crippen LogP contribution >= 0.6 is 0 Å². The average Bonchev–Trinajstić information content (AvgIpc) is 3.19. The van der Waals surface area contributed by atoms with E-state index in [-0.39, 0.29) is 29.7 Å². The molecule has 3 fully saturated rings. The smallest absolute Gasteiger partial charge is 0.227 e. The van der Waals surface area contributed by atoms with E-state index in [0.29, 0.717) is 39.0 Å². The van der Waals surface area contributed by atoms with Gasteiger partial charge in [0, 0.05) is 45.1 Å². The first-order valence-corrected chi connectivity index (χ1v) is 12.5. The summed E-state index contributed by atoms with van der Waals surface area (Å²) in [6.45, 7) is 2.40. The van der Waals surface area contributed by atoms with Gasteiger partial charge in [-0.15, -0.1) is 0 Å². The molecule has 1 aromatic rings. The molecule has 2 saturated heterocycles. The minimum absolute atomic E-state index is 0.0623. The number of hydrogen-bond donors (Lipinski definition) is 1. The van der Waals surface area contributed by atoms with E-state index in [1.54, 1.807) is 4.90 Å². The molecule has 3 amide bonds. The first-order valence-electron chi connectivity index (χ1n) is 12.5. The van der Waals surface area contributed by atoms with Crippen LogP contribution in [0.5, 0.6) is 0 Å². The maximum absolute atomic E-state index is 13.0. The molecule has 1 N–H and O–H groups in total. The van der Waals surface area contributed by atoms with E-state index in [4.69, 9.17) is 0 Å². The molecule has 0 bridgehead atoms. The second-order valence-electron chi connectivity index (χ2n) is 9.87. The molecule has 1 aliphatic carbocycles. The maximum atomic E-state index is 13.0. The van der Waals surface area contributed by atoms with E-state index in [0.717, 1.165) is 30.7 Å². The second kappa shape index (κ2) is 11.0. The van der Waals surface area contributed by atoms with Gasteiger partial charge in [0.1, 0.15) is 0 Å². The van der Waals surface area contributed by atoms with Gasteiger partial charge >= 0.3 is 0 Å². The van der Waals surface area contributed by atoms with Crippen LogP contribution in [0.25, 0.3) is 0 Å². The van der Waals surface area contributed by atoms with Gasteiger partial charge in [0.25, 0.3) is 0 Å². The number of hydrogen-bond acceptors (Lipinski definition) is 3. The molecule has 32 heavy (non-hydrogen) atoms. The number of rotatable bonds is 7. The number of piperidine rings is 1. The monoisotopic (exact) mass is 439 g/mol. The first-order chi connectivity index (χ1) is 15.6. The van der Waals surface area contributed by atoms with Gasteiger partial charge in [0.2, 0.25) is 17.7 Å². The zero-order valence-electron chi connectivity index (χ0n) is 19.1. The van der Waals surface area contributed by atoms with Gasteiger partial charge in [0.15, 0.2) is 0 Å². The lowest BCUT2D eigenvalue weighted by Gasteiger charge is -2.34. The van der Waals surface area contributed by atoms with Gasteiger partial charge in [-0.1, -0.05) is 62.4 Å². The average molecular weight is 440 g/mol. The molecule has 0 aromatic heterocycles. The highest BCUT2D eigenvalue weighted by molar-refractivity contribution is 5.89. The van der Waals surface area contributed by atoms with Crippen molar-refractivity contribution in [2.75, 3.05) is 19.6 Å². The van der Waals surface area contributed by atoms with Crippen molar-refractivity contribution in [1.29, 1.82) is 0 Å². The van der Waals surface area contributed by atoms with Crippen LogP contribution in [0, 0.1) is 11.8 Å². The highest BCUT2D eigenvalue weighted by Gasteiger charge is 2.37. The Bertz CT molecular complexity index is 783. The van der Waals surface area contributed by atoms with Gasteiger partial charge in [-0.05, 0) is 30.7 Å². The van der Waals surface area contributed by atoms with Gasteiger partial charge in [-0.25, -0.2) is 0 Å². The molecule has 174 valence electrons. The summed E-state index contributed by atoms with van der Waals surface area (Å²) in [5.41, 5.74) is 1.09. The Kier molecular flexibility index (Phi) is 7.82. The number of likely N-dealkylation sites (tertiary alicyclic amines) is 2. The number of amides is 3. The minimum atomic E-state index is -0.243. The predicted molar refractivity (Wildman–Crippen MR) is 124 cm³/mol. The van der Waals surface area contributed by atoms with Gasteiger partial charge < -0.3 is 15.1 Å². The summed E-state index contributed by atoms with van der Waals surface area (Å²) in [4.78, 5) is 41.5. The highest BCUT2D eigenvalue weighted by Crippen LogP contribution is 2.27. The molecule has 6 nitrogen and oxygen atoms in total.